The molecule has 0 saturated carbocycles. The van der Waals surface area contributed by atoms with Gasteiger partial charge in [0.1, 0.15) is 0 Å². The molecule has 1 nitrogen and oxygen atoms in total. The van der Waals surface area contributed by atoms with E-state index in [1.807, 2.05) is 11.3 Å². The van der Waals surface area contributed by atoms with E-state index in [0.29, 0.717) is 12.0 Å². The van der Waals surface area contributed by atoms with E-state index in [-0.39, 0.29) is 0 Å². The summed E-state index contributed by atoms with van der Waals surface area (Å²) in [4.78, 5) is 2.91. The third kappa shape index (κ3) is 3.10. The minimum Gasteiger partial charge on any atom is -0.314 e. The van der Waals surface area contributed by atoms with Gasteiger partial charge in [-0.05, 0) is 38.9 Å². The van der Waals surface area contributed by atoms with E-state index in [9.17, 15) is 0 Å². The zero-order valence-corrected chi connectivity index (χ0v) is 10.4. The molecule has 2 atom stereocenters. The Kier molecular flexibility index (Phi) is 4.63. The van der Waals surface area contributed by atoms with Gasteiger partial charge in [0.05, 0.1) is 0 Å². The zero-order valence-electron chi connectivity index (χ0n) is 9.63. The second-order valence-corrected chi connectivity index (χ2v) is 5.30. The highest BCUT2D eigenvalue weighted by atomic mass is 32.1. The van der Waals surface area contributed by atoms with Crippen molar-refractivity contribution in [2.45, 2.75) is 46.1 Å². The number of nitrogens with one attached hydrogen (secondary N) is 1. The fourth-order valence-electron chi connectivity index (χ4n) is 1.49. The van der Waals surface area contributed by atoms with Gasteiger partial charge in [0.2, 0.25) is 0 Å². The van der Waals surface area contributed by atoms with E-state index in [0.717, 1.165) is 6.54 Å². The Labute approximate surface area is 91.5 Å². The van der Waals surface area contributed by atoms with Crippen molar-refractivity contribution in [3.05, 3.63) is 21.9 Å². The van der Waals surface area contributed by atoms with Crippen LogP contribution in [-0.2, 0) is 0 Å². The topological polar surface area (TPSA) is 12.0 Å². The molecule has 0 fully saturated rings. The first-order valence-electron chi connectivity index (χ1n) is 5.44. The quantitative estimate of drug-likeness (QED) is 0.785. The first-order valence-corrected chi connectivity index (χ1v) is 6.26. The lowest BCUT2D eigenvalue weighted by Crippen LogP contribution is -2.31. The molecule has 0 amide bonds. The number of hydrogen-bond acceptors (Lipinski definition) is 2. The first kappa shape index (κ1) is 11.7. The minimum atomic E-state index is 0.577. The summed E-state index contributed by atoms with van der Waals surface area (Å²) in [6.45, 7) is 10.1. The molecule has 1 N–H and O–H groups in total. The lowest BCUT2D eigenvalue weighted by molar-refractivity contribution is 0.485. The summed E-state index contributed by atoms with van der Waals surface area (Å²) in [5.74, 6) is 0.625. The van der Waals surface area contributed by atoms with Crippen LogP contribution in [-0.4, -0.2) is 12.6 Å². The fourth-order valence-corrected chi connectivity index (χ4v) is 2.53. The van der Waals surface area contributed by atoms with Crippen molar-refractivity contribution in [2.24, 2.45) is 0 Å². The summed E-state index contributed by atoms with van der Waals surface area (Å²) < 4.78 is 0. The molecule has 2 unspecified atom stereocenters. The number of hydrogen-bond donors (Lipinski definition) is 1. The van der Waals surface area contributed by atoms with Gasteiger partial charge < -0.3 is 5.32 Å². The summed E-state index contributed by atoms with van der Waals surface area (Å²) in [7, 11) is 0. The normalized spacial score (nSPS) is 15.4. The third-order valence-electron chi connectivity index (χ3n) is 2.68. The van der Waals surface area contributed by atoms with Gasteiger partial charge in [-0.2, -0.15) is 0 Å². The Bertz CT molecular complexity index is 267. The van der Waals surface area contributed by atoms with Gasteiger partial charge in [0, 0.05) is 21.7 Å². The Balaban J connectivity index is 2.51. The molecule has 0 aliphatic heterocycles. The molecule has 1 heterocycles. The number of thiophene rings is 1. The number of aryl methyl sites for hydroxylation is 1. The molecular weight excluding hydrogens is 190 g/mol. The predicted molar refractivity (Wildman–Crippen MR) is 65.2 cm³/mol. The molecule has 2 heteroatoms. The van der Waals surface area contributed by atoms with Crippen molar-refractivity contribution in [2.75, 3.05) is 6.54 Å². The van der Waals surface area contributed by atoms with Crippen molar-refractivity contribution in [1.29, 1.82) is 0 Å². The molecule has 0 aliphatic rings. The molecule has 1 rings (SSSR count). The highest BCUT2D eigenvalue weighted by Gasteiger charge is 2.14. The zero-order chi connectivity index (χ0) is 10.6. The van der Waals surface area contributed by atoms with Crippen LogP contribution in [0.2, 0.25) is 0 Å². The molecule has 0 aliphatic carbocycles. The molecule has 0 radical (unpaired) electrons. The monoisotopic (exact) mass is 211 g/mol. The van der Waals surface area contributed by atoms with Crippen LogP contribution in [0.3, 0.4) is 0 Å². The van der Waals surface area contributed by atoms with Crippen LogP contribution in [0.1, 0.15) is 42.9 Å². The second kappa shape index (κ2) is 5.52. The summed E-state index contributed by atoms with van der Waals surface area (Å²) >= 11 is 1.92. The fraction of sp³-hybridized carbons (Fsp3) is 0.667. The van der Waals surface area contributed by atoms with E-state index >= 15 is 0 Å². The summed E-state index contributed by atoms with van der Waals surface area (Å²) in [5, 5.41) is 3.55. The molecule has 0 bridgehead atoms. The summed E-state index contributed by atoms with van der Waals surface area (Å²) in [6.07, 6.45) is 1.21. The van der Waals surface area contributed by atoms with Gasteiger partial charge >= 0.3 is 0 Å². The average molecular weight is 211 g/mol. The van der Waals surface area contributed by atoms with E-state index in [1.54, 1.807) is 0 Å². The molecule has 0 aromatic carbocycles. The number of rotatable bonds is 5. The maximum Gasteiger partial charge on any atom is 0.0113 e. The third-order valence-corrected chi connectivity index (χ3v) is 3.88. The van der Waals surface area contributed by atoms with Crippen LogP contribution in [0.15, 0.2) is 12.1 Å². The molecule has 0 spiro atoms. The standard InChI is InChI=1S/C12H21NS/c1-5-8-13-11(4)10(3)12-7-6-9(2)14-12/h6-7,10-11,13H,5,8H2,1-4H3. The van der Waals surface area contributed by atoms with Crippen LogP contribution in [0.4, 0.5) is 0 Å². The van der Waals surface area contributed by atoms with Gasteiger partial charge in [-0.1, -0.05) is 13.8 Å². The highest BCUT2D eigenvalue weighted by molar-refractivity contribution is 7.12. The van der Waals surface area contributed by atoms with Crippen LogP contribution < -0.4 is 5.32 Å². The van der Waals surface area contributed by atoms with E-state index in [1.165, 1.54) is 16.2 Å². The predicted octanol–water partition coefficient (Wildman–Crippen LogP) is 3.55. The summed E-state index contributed by atoms with van der Waals surface area (Å²) in [6, 6.07) is 5.05. The van der Waals surface area contributed by atoms with E-state index < -0.39 is 0 Å². The lowest BCUT2D eigenvalue weighted by Gasteiger charge is -2.19. The molecule has 14 heavy (non-hydrogen) atoms. The Morgan fingerprint density at radius 2 is 2.07 bits per heavy atom. The van der Waals surface area contributed by atoms with Crippen molar-refractivity contribution in [3.63, 3.8) is 0 Å². The molecular formula is C12H21NS. The smallest absolute Gasteiger partial charge is 0.0113 e. The SMILES string of the molecule is CCCNC(C)C(C)c1ccc(C)s1. The Morgan fingerprint density at radius 3 is 2.57 bits per heavy atom. The van der Waals surface area contributed by atoms with Gasteiger partial charge in [-0.25, -0.2) is 0 Å². The van der Waals surface area contributed by atoms with Crippen LogP contribution >= 0.6 is 11.3 Å². The molecule has 0 saturated heterocycles. The Hall–Kier alpha value is -0.340. The van der Waals surface area contributed by atoms with Gasteiger partial charge in [0.15, 0.2) is 0 Å². The van der Waals surface area contributed by atoms with Crippen molar-refractivity contribution < 1.29 is 0 Å². The Morgan fingerprint density at radius 1 is 1.36 bits per heavy atom. The average Bonchev–Trinajstić information content (AvgIpc) is 2.60. The minimum absolute atomic E-state index is 0.577. The second-order valence-electron chi connectivity index (χ2n) is 3.98. The largest absolute Gasteiger partial charge is 0.314 e. The van der Waals surface area contributed by atoms with Crippen molar-refractivity contribution in [1.82, 2.24) is 5.32 Å². The van der Waals surface area contributed by atoms with Gasteiger partial charge in [-0.15, -0.1) is 11.3 Å². The van der Waals surface area contributed by atoms with Gasteiger partial charge in [0.25, 0.3) is 0 Å². The van der Waals surface area contributed by atoms with Crippen LogP contribution in [0.25, 0.3) is 0 Å². The van der Waals surface area contributed by atoms with Crippen molar-refractivity contribution in [3.8, 4) is 0 Å². The molecule has 1 aromatic rings. The van der Waals surface area contributed by atoms with Crippen LogP contribution in [0, 0.1) is 6.92 Å². The van der Waals surface area contributed by atoms with E-state index in [2.05, 4.69) is 45.1 Å². The maximum atomic E-state index is 3.55. The first-order chi connectivity index (χ1) is 6.65. The molecule has 1 aromatic heterocycles. The van der Waals surface area contributed by atoms with E-state index in [4.69, 9.17) is 0 Å². The van der Waals surface area contributed by atoms with Gasteiger partial charge in [-0.3, -0.25) is 0 Å². The summed E-state index contributed by atoms with van der Waals surface area (Å²) in [5.41, 5.74) is 0. The maximum absolute atomic E-state index is 3.55. The van der Waals surface area contributed by atoms with Crippen LogP contribution in [0.5, 0.6) is 0 Å². The molecule has 80 valence electrons. The van der Waals surface area contributed by atoms with Crippen molar-refractivity contribution >= 4 is 11.3 Å². The highest BCUT2D eigenvalue weighted by Crippen LogP contribution is 2.26. The lowest BCUT2D eigenvalue weighted by atomic mass is 10.0.